The molecule has 2 atom stereocenters. The minimum atomic E-state index is -0.293. The first kappa shape index (κ1) is 14.7. The van der Waals surface area contributed by atoms with Crippen LogP contribution in [-0.4, -0.2) is 37.6 Å². The van der Waals surface area contributed by atoms with Gasteiger partial charge in [0.1, 0.15) is 11.5 Å². The molecule has 0 radical (unpaired) electrons. The maximum absolute atomic E-state index is 11.5. The quantitative estimate of drug-likeness (QED) is 0.890. The Kier molecular flexibility index (Phi) is 4.49. The maximum atomic E-state index is 11.5. The fourth-order valence-electron chi connectivity index (χ4n) is 2.85. The maximum Gasteiger partial charge on any atom is 0.234 e. The number of benzene rings is 1. The van der Waals surface area contributed by atoms with E-state index < -0.39 is 0 Å². The van der Waals surface area contributed by atoms with Gasteiger partial charge in [0.15, 0.2) is 0 Å². The molecule has 2 rings (SSSR count). The van der Waals surface area contributed by atoms with Crippen LogP contribution in [0, 0.1) is 0 Å². The molecule has 1 aromatic rings. The number of carbonyl (C=O) groups is 1. The largest absolute Gasteiger partial charge is 0.497 e. The lowest BCUT2D eigenvalue weighted by molar-refractivity contribution is -0.123. The number of primary amides is 1. The van der Waals surface area contributed by atoms with E-state index in [-0.39, 0.29) is 18.0 Å². The Morgan fingerprint density at radius 1 is 1.40 bits per heavy atom. The van der Waals surface area contributed by atoms with Crippen molar-refractivity contribution in [1.82, 2.24) is 4.90 Å². The van der Waals surface area contributed by atoms with E-state index in [1.165, 1.54) is 0 Å². The van der Waals surface area contributed by atoms with Gasteiger partial charge in [0.05, 0.1) is 20.3 Å². The molecule has 20 heavy (non-hydrogen) atoms. The fourth-order valence-corrected chi connectivity index (χ4v) is 2.85. The van der Waals surface area contributed by atoms with Crippen LogP contribution in [0.3, 0.4) is 0 Å². The Hall–Kier alpha value is -1.75. The summed E-state index contributed by atoms with van der Waals surface area (Å²) in [7, 11) is 3.30. The first-order chi connectivity index (χ1) is 9.58. The van der Waals surface area contributed by atoms with Crippen LogP contribution in [0.2, 0.25) is 0 Å². The van der Waals surface area contributed by atoms with Gasteiger partial charge in [-0.1, -0.05) is 0 Å². The third kappa shape index (κ3) is 2.72. The molecule has 0 aromatic heterocycles. The number of amides is 1. The van der Waals surface area contributed by atoms with Gasteiger partial charge < -0.3 is 15.2 Å². The fraction of sp³-hybridized carbons (Fsp3) is 0.533. The Bertz CT molecular complexity index is 490. The van der Waals surface area contributed by atoms with Crippen LogP contribution >= 0.6 is 0 Å². The van der Waals surface area contributed by atoms with Crippen molar-refractivity contribution in [2.75, 3.05) is 20.8 Å². The molecule has 1 fully saturated rings. The number of methoxy groups -OCH3 is 2. The van der Waals surface area contributed by atoms with Gasteiger partial charge in [0.2, 0.25) is 5.91 Å². The van der Waals surface area contributed by atoms with Crippen molar-refractivity contribution in [2.45, 2.75) is 31.8 Å². The van der Waals surface area contributed by atoms with Crippen molar-refractivity contribution >= 4 is 5.91 Å². The van der Waals surface area contributed by atoms with Crippen molar-refractivity contribution in [3.05, 3.63) is 23.8 Å². The number of hydrogen-bond acceptors (Lipinski definition) is 4. The van der Waals surface area contributed by atoms with E-state index in [9.17, 15) is 4.79 Å². The molecule has 1 heterocycles. The third-order valence-electron chi connectivity index (χ3n) is 4.00. The predicted octanol–water partition coefficient (Wildman–Crippen LogP) is 1.71. The van der Waals surface area contributed by atoms with Crippen LogP contribution in [0.1, 0.15) is 31.4 Å². The number of rotatable bonds is 5. The van der Waals surface area contributed by atoms with Gasteiger partial charge in [-0.2, -0.15) is 0 Å². The number of hydrogen-bond donors (Lipinski definition) is 1. The average Bonchev–Trinajstić information content (AvgIpc) is 2.94. The van der Waals surface area contributed by atoms with Gasteiger partial charge >= 0.3 is 0 Å². The van der Waals surface area contributed by atoms with Gasteiger partial charge in [-0.25, -0.2) is 0 Å². The third-order valence-corrected chi connectivity index (χ3v) is 4.00. The lowest BCUT2D eigenvalue weighted by atomic mass is 10.0. The SMILES string of the molecule is COc1ccc(OC)c([C@H]2CCCN2[C@@H](C)C(N)=O)c1. The van der Waals surface area contributed by atoms with Crippen molar-refractivity contribution < 1.29 is 14.3 Å². The highest BCUT2D eigenvalue weighted by Gasteiger charge is 2.33. The molecule has 1 aliphatic heterocycles. The molecule has 1 amide bonds. The van der Waals surface area contributed by atoms with Crippen molar-refractivity contribution in [3.63, 3.8) is 0 Å². The molecule has 5 nitrogen and oxygen atoms in total. The highest BCUT2D eigenvalue weighted by molar-refractivity contribution is 5.79. The summed E-state index contributed by atoms with van der Waals surface area (Å²) < 4.78 is 10.7. The minimum Gasteiger partial charge on any atom is -0.497 e. The van der Waals surface area contributed by atoms with Gasteiger partial charge in [0, 0.05) is 11.6 Å². The van der Waals surface area contributed by atoms with Crippen LogP contribution in [0.4, 0.5) is 0 Å². The first-order valence-electron chi connectivity index (χ1n) is 6.85. The zero-order valence-corrected chi connectivity index (χ0v) is 12.3. The van der Waals surface area contributed by atoms with E-state index in [1.54, 1.807) is 14.2 Å². The van der Waals surface area contributed by atoms with E-state index in [0.717, 1.165) is 36.4 Å². The molecular formula is C15H22N2O3. The normalized spacial score (nSPS) is 20.6. The van der Waals surface area contributed by atoms with Crippen molar-refractivity contribution in [1.29, 1.82) is 0 Å². The molecule has 0 spiro atoms. The summed E-state index contributed by atoms with van der Waals surface area (Å²) >= 11 is 0. The molecule has 110 valence electrons. The van der Waals surface area contributed by atoms with Crippen LogP contribution in [-0.2, 0) is 4.79 Å². The van der Waals surface area contributed by atoms with Gasteiger partial charge in [0.25, 0.3) is 0 Å². The number of likely N-dealkylation sites (tertiary alicyclic amines) is 1. The standard InChI is InChI=1S/C15H22N2O3/c1-10(15(16)18)17-8-4-5-13(17)12-9-11(19-2)6-7-14(12)20-3/h6-7,9-10,13H,4-5,8H2,1-3H3,(H2,16,18)/t10-,13+/m0/s1. The molecular weight excluding hydrogens is 256 g/mol. The second kappa shape index (κ2) is 6.13. The second-order valence-electron chi connectivity index (χ2n) is 5.08. The Morgan fingerprint density at radius 2 is 2.15 bits per heavy atom. The van der Waals surface area contributed by atoms with Crippen LogP contribution < -0.4 is 15.2 Å². The Labute approximate surface area is 119 Å². The average molecular weight is 278 g/mol. The van der Waals surface area contributed by atoms with Crippen molar-refractivity contribution in [3.8, 4) is 11.5 Å². The summed E-state index contributed by atoms with van der Waals surface area (Å²) in [6.45, 7) is 2.72. The number of carbonyl (C=O) groups excluding carboxylic acids is 1. The molecule has 5 heteroatoms. The molecule has 0 saturated carbocycles. The molecule has 0 aliphatic carbocycles. The number of ether oxygens (including phenoxy) is 2. The van der Waals surface area contributed by atoms with E-state index in [0.29, 0.717) is 0 Å². The summed E-state index contributed by atoms with van der Waals surface area (Å²) in [6, 6.07) is 5.62. The lowest BCUT2D eigenvalue weighted by Gasteiger charge is -2.30. The summed E-state index contributed by atoms with van der Waals surface area (Å²) in [5, 5.41) is 0. The molecule has 0 unspecified atom stereocenters. The summed E-state index contributed by atoms with van der Waals surface area (Å²) in [5.74, 6) is 1.32. The minimum absolute atomic E-state index is 0.141. The van der Waals surface area contributed by atoms with Crippen LogP contribution in [0.15, 0.2) is 18.2 Å². The van der Waals surface area contributed by atoms with E-state index in [4.69, 9.17) is 15.2 Å². The van der Waals surface area contributed by atoms with Gasteiger partial charge in [-0.15, -0.1) is 0 Å². The van der Waals surface area contributed by atoms with Crippen LogP contribution in [0.5, 0.6) is 11.5 Å². The topological polar surface area (TPSA) is 64.8 Å². The Morgan fingerprint density at radius 3 is 2.75 bits per heavy atom. The predicted molar refractivity (Wildman–Crippen MR) is 76.9 cm³/mol. The number of nitrogens with zero attached hydrogens (tertiary/aromatic N) is 1. The molecule has 1 aliphatic rings. The molecule has 1 aromatic carbocycles. The molecule has 0 bridgehead atoms. The Balaban J connectivity index is 2.35. The summed E-state index contributed by atoms with van der Waals surface area (Å²) in [4.78, 5) is 13.6. The van der Waals surface area contributed by atoms with E-state index in [2.05, 4.69) is 4.90 Å². The van der Waals surface area contributed by atoms with E-state index in [1.807, 2.05) is 25.1 Å². The lowest BCUT2D eigenvalue weighted by Crippen LogP contribution is -2.42. The zero-order chi connectivity index (χ0) is 14.7. The monoisotopic (exact) mass is 278 g/mol. The summed E-state index contributed by atoms with van der Waals surface area (Å²) in [6.07, 6.45) is 2.03. The smallest absolute Gasteiger partial charge is 0.234 e. The summed E-state index contributed by atoms with van der Waals surface area (Å²) in [5.41, 5.74) is 6.50. The van der Waals surface area contributed by atoms with Crippen molar-refractivity contribution in [2.24, 2.45) is 5.73 Å². The van der Waals surface area contributed by atoms with Gasteiger partial charge in [-0.05, 0) is 44.5 Å². The highest BCUT2D eigenvalue weighted by atomic mass is 16.5. The van der Waals surface area contributed by atoms with Crippen LogP contribution in [0.25, 0.3) is 0 Å². The first-order valence-corrected chi connectivity index (χ1v) is 6.85. The van der Waals surface area contributed by atoms with E-state index >= 15 is 0 Å². The second-order valence-corrected chi connectivity index (χ2v) is 5.08. The number of nitrogens with two attached hydrogens (primary N) is 1. The zero-order valence-electron chi connectivity index (χ0n) is 12.3. The molecule has 1 saturated heterocycles. The molecule has 2 N–H and O–H groups in total. The van der Waals surface area contributed by atoms with Gasteiger partial charge in [-0.3, -0.25) is 9.69 Å². The highest BCUT2D eigenvalue weighted by Crippen LogP contribution is 2.39.